The van der Waals surface area contributed by atoms with Crippen LogP contribution in [0.4, 0.5) is 0 Å². The lowest BCUT2D eigenvalue weighted by atomic mass is 10.1. The van der Waals surface area contributed by atoms with E-state index in [1.807, 2.05) is 0 Å². The van der Waals surface area contributed by atoms with E-state index < -0.39 is 51.8 Å². The molecule has 0 fully saturated rings. The molecule has 0 aromatic heterocycles. The van der Waals surface area contributed by atoms with Crippen LogP contribution in [0.5, 0.6) is 0 Å². The average Bonchev–Trinajstić information content (AvgIpc) is 3.13. The minimum absolute atomic E-state index is 0.166. The number of aliphatic hydroxyl groups excluding tert-OH is 2. The average molecular weight is 759 g/mol. The number of hydrogen-bond acceptors (Lipinski definition) is 9. The van der Waals surface area contributed by atoms with Crippen LogP contribution in [0.2, 0.25) is 0 Å². The molecule has 0 aliphatic rings. The Hall–Kier alpha value is -1.81. The van der Waals surface area contributed by atoms with Crippen molar-refractivity contribution in [1.29, 1.82) is 0 Å². The van der Waals surface area contributed by atoms with Crippen LogP contribution in [0.3, 0.4) is 0 Å². The number of rotatable bonds is 38. The van der Waals surface area contributed by atoms with E-state index in [1.165, 1.54) is 57.8 Å². The second-order valence-electron chi connectivity index (χ2n) is 13.7. The normalized spacial score (nSPS) is 14.3. The fraction of sp³-hybridized carbons (Fsp3) is 0.805. The van der Waals surface area contributed by atoms with Crippen LogP contribution in [0, 0.1) is 0 Å². The largest absolute Gasteiger partial charge is 0.472 e. The van der Waals surface area contributed by atoms with E-state index in [0.717, 1.165) is 77.0 Å². The summed E-state index contributed by atoms with van der Waals surface area (Å²) in [4.78, 5) is 34.9. The van der Waals surface area contributed by atoms with Gasteiger partial charge in [0, 0.05) is 12.8 Å². The Morgan fingerprint density at radius 1 is 0.577 bits per heavy atom. The van der Waals surface area contributed by atoms with Gasteiger partial charge in [-0.3, -0.25) is 18.6 Å². The Balaban J connectivity index is 4.35. The predicted octanol–water partition coefficient (Wildman–Crippen LogP) is 10.4. The second kappa shape index (κ2) is 37.5. The van der Waals surface area contributed by atoms with Gasteiger partial charge in [-0.1, -0.05) is 134 Å². The zero-order valence-electron chi connectivity index (χ0n) is 32.8. The summed E-state index contributed by atoms with van der Waals surface area (Å²) < 4.78 is 32.6. The third-order valence-electron chi connectivity index (χ3n) is 8.50. The molecule has 10 nitrogen and oxygen atoms in total. The van der Waals surface area contributed by atoms with Crippen LogP contribution in [0.1, 0.15) is 174 Å². The standard InChI is InChI=1S/C41H75O10P/c1-3-5-7-9-11-13-15-17-18-19-21-22-24-26-28-30-32-40(44)48-36-39(37-50-52(46,47)49-35-38(43)34-42)51-41(45)33-31-29-27-25-23-20-16-14-12-10-8-6-4-2/h8,10,14,16,18-19,38-39,42-43H,3-7,9,11-13,15,17,20-37H2,1-2H3,(H,46,47)/b10-8-,16-14-,19-18-. The smallest absolute Gasteiger partial charge is 0.462 e. The van der Waals surface area contributed by atoms with E-state index in [4.69, 9.17) is 19.1 Å². The number of aliphatic hydroxyl groups is 2. The Morgan fingerprint density at radius 3 is 1.58 bits per heavy atom. The Bertz CT molecular complexity index is 967. The number of carbonyl (C=O) groups is 2. The van der Waals surface area contributed by atoms with Gasteiger partial charge in [-0.05, 0) is 64.2 Å². The zero-order valence-corrected chi connectivity index (χ0v) is 33.7. The van der Waals surface area contributed by atoms with Gasteiger partial charge in [0.2, 0.25) is 0 Å². The van der Waals surface area contributed by atoms with E-state index in [1.54, 1.807) is 0 Å². The summed E-state index contributed by atoms with van der Waals surface area (Å²) in [6.45, 7) is 2.28. The predicted molar refractivity (Wildman–Crippen MR) is 210 cm³/mol. The molecule has 11 heteroatoms. The van der Waals surface area contributed by atoms with Crippen LogP contribution in [-0.4, -0.2) is 65.7 Å². The fourth-order valence-electron chi connectivity index (χ4n) is 5.32. The number of carbonyl (C=O) groups excluding carboxylic acids is 2. The summed E-state index contributed by atoms with van der Waals surface area (Å²) >= 11 is 0. The highest BCUT2D eigenvalue weighted by atomic mass is 31.2. The van der Waals surface area contributed by atoms with Gasteiger partial charge in [0.1, 0.15) is 12.7 Å². The third-order valence-corrected chi connectivity index (χ3v) is 9.45. The molecule has 0 saturated carbocycles. The van der Waals surface area contributed by atoms with Crippen molar-refractivity contribution in [2.45, 2.75) is 187 Å². The van der Waals surface area contributed by atoms with Crippen LogP contribution in [0.15, 0.2) is 36.5 Å². The monoisotopic (exact) mass is 759 g/mol. The second-order valence-corrected chi connectivity index (χ2v) is 15.1. The van der Waals surface area contributed by atoms with Crippen molar-refractivity contribution in [3.05, 3.63) is 36.5 Å². The quantitative estimate of drug-likeness (QED) is 0.0240. The Kier molecular flexibility index (Phi) is 36.2. The van der Waals surface area contributed by atoms with Crippen molar-refractivity contribution in [3.8, 4) is 0 Å². The highest BCUT2D eigenvalue weighted by Gasteiger charge is 2.27. The molecule has 304 valence electrons. The molecular weight excluding hydrogens is 683 g/mol. The first-order chi connectivity index (χ1) is 25.2. The zero-order chi connectivity index (χ0) is 38.4. The molecular formula is C41H75O10P. The molecule has 0 rings (SSSR count). The molecule has 0 spiro atoms. The first-order valence-corrected chi connectivity index (χ1v) is 21.9. The highest BCUT2D eigenvalue weighted by molar-refractivity contribution is 7.47. The number of esters is 2. The number of unbranched alkanes of at least 4 members (excludes halogenated alkanes) is 18. The molecule has 3 unspecified atom stereocenters. The molecule has 0 bridgehead atoms. The van der Waals surface area contributed by atoms with Crippen LogP contribution in [0.25, 0.3) is 0 Å². The summed E-state index contributed by atoms with van der Waals surface area (Å²) in [6, 6.07) is 0. The van der Waals surface area contributed by atoms with Crippen molar-refractivity contribution in [2.24, 2.45) is 0 Å². The number of phosphoric acid groups is 1. The number of hydrogen-bond donors (Lipinski definition) is 3. The molecule has 0 saturated heterocycles. The van der Waals surface area contributed by atoms with Crippen LogP contribution in [-0.2, 0) is 32.7 Å². The van der Waals surface area contributed by atoms with Crippen molar-refractivity contribution >= 4 is 19.8 Å². The molecule has 0 aromatic carbocycles. The minimum atomic E-state index is -4.62. The molecule has 0 radical (unpaired) electrons. The minimum Gasteiger partial charge on any atom is -0.462 e. The molecule has 3 N–H and O–H groups in total. The number of allylic oxidation sites excluding steroid dienone is 6. The molecule has 3 atom stereocenters. The van der Waals surface area contributed by atoms with Gasteiger partial charge in [0.05, 0.1) is 19.8 Å². The van der Waals surface area contributed by atoms with E-state index in [-0.39, 0.29) is 19.4 Å². The Morgan fingerprint density at radius 2 is 1.04 bits per heavy atom. The maximum atomic E-state index is 12.6. The Labute approximate surface area is 316 Å². The maximum absolute atomic E-state index is 12.6. The molecule has 0 aromatic rings. The van der Waals surface area contributed by atoms with Crippen molar-refractivity contribution in [2.75, 3.05) is 26.4 Å². The number of ether oxygens (including phenoxy) is 2. The molecule has 0 heterocycles. The molecule has 0 amide bonds. The van der Waals surface area contributed by atoms with Crippen molar-refractivity contribution in [1.82, 2.24) is 0 Å². The lowest BCUT2D eigenvalue weighted by molar-refractivity contribution is -0.161. The first-order valence-electron chi connectivity index (χ1n) is 20.4. The van der Waals surface area contributed by atoms with Gasteiger partial charge in [-0.15, -0.1) is 0 Å². The lowest BCUT2D eigenvalue weighted by Crippen LogP contribution is -2.29. The van der Waals surface area contributed by atoms with E-state index in [0.29, 0.717) is 12.8 Å². The summed E-state index contributed by atoms with van der Waals surface area (Å²) in [5.74, 6) is -0.951. The fourth-order valence-corrected chi connectivity index (χ4v) is 6.11. The summed E-state index contributed by atoms with van der Waals surface area (Å²) in [7, 11) is -4.62. The van der Waals surface area contributed by atoms with Gasteiger partial charge >= 0.3 is 19.8 Å². The van der Waals surface area contributed by atoms with E-state index in [9.17, 15) is 24.2 Å². The SMILES string of the molecule is CCC/C=C\C/C=C\CCCCCCCC(=O)OC(COC(=O)CCCCCCC/C=C\CCCCCCCCC)COP(=O)(O)OCC(O)CO. The van der Waals surface area contributed by atoms with Crippen molar-refractivity contribution < 1.29 is 47.8 Å². The molecule has 0 aliphatic carbocycles. The van der Waals surface area contributed by atoms with Gasteiger partial charge in [0.25, 0.3) is 0 Å². The van der Waals surface area contributed by atoms with Gasteiger partial charge in [0.15, 0.2) is 6.10 Å². The highest BCUT2D eigenvalue weighted by Crippen LogP contribution is 2.43. The summed E-state index contributed by atoms with van der Waals surface area (Å²) in [5.41, 5.74) is 0. The van der Waals surface area contributed by atoms with Crippen LogP contribution >= 0.6 is 7.82 Å². The first kappa shape index (κ1) is 50.2. The van der Waals surface area contributed by atoms with Gasteiger partial charge in [-0.2, -0.15) is 0 Å². The molecule has 52 heavy (non-hydrogen) atoms. The third kappa shape index (κ3) is 36.5. The topological polar surface area (TPSA) is 149 Å². The summed E-state index contributed by atoms with van der Waals surface area (Å²) in [5, 5.41) is 18.3. The van der Waals surface area contributed by atoms with Gasteiger partial charge in [-0.25, -0.2) is 4.57 Å². The van der Waals surface area contributed by atoms with Gasteiger partial charge < -0.3 is 24.6 Å². The summed E-state index contributed by atoms with van der Waals surface area (Å²) in [6.07, 6.45) is 36.8. The van der Waals surface area contributed by atoms with E-state index >= 15 is 0 Å². The molecule has 0 aliphatic heterocycles. The van der Waals surface area contributed by atoms with E-state index in [2.05, 4.69) is 54.8 Å². The number of phosphoric ester groups is 1. The van der Waals surface area contributed by atoms with Crippen molar-refractivity contribution in [3.63, 3.8) is 0 Å². The van der Waals surface area contributed by atoms with Crippen LogP contribution < -0.4 is 0 Å². The lowest BCUT2D eigenvalue weighted by Gasteiger charge is -2.20. The maximum Gasteiger partial charge on any atom is 0.472 e.